The van der Waals surface area contributed by atoms with Gasteiger partial charge in [0.25, 0.3) is 0 Å². The summed E-state index contributed by atoms with van der Waals surface area (Å²) in [5, 5.41) is 0. The van der Waals surface area contributed by atoms with Crippen molar-refractivity contribution < 1.29 is 9.47 Å². The van der Waals surface area contributed by atoms with E-state index in [2.05, 4.69) is 10.9 Å². The largest absolute Gasteiger partial charge is 0.490 e. The fraction of sp³-hybridized carbons (Fsp3) is 0.333. The van der Waals surface area contributed by atoms with Gasteiger partial charge in [0, 0.05) is 12.2 Å². The smallest absolute Gasteiger partial charge is 0.161 e. The second-order valence-corrected chi connectivity index (χ2v) is 5.23. The van der Waals surface area contributed by atoms with Crippen molar-refractivity contribution in [3.05, 3.63) is 54.1 Å². The van der Waals surface area contributed by atoms with Crippen LogP contribution < -0.4 is 20.3 Å². The van der Waals surface area contributed by atoms with E-state index in [0.717, 1.165) is 22.7 Å². The zero-order valence-electron chi connectivity index (χ0n) is 13.4. The molecule has 4 heteroatoms. The highest BCUT2D eigenvalue weighted by molar-refractivity contribution is 5.44. The van der Waals surface area contributed by atoms with Crippen LogP contribution in [0.15, 0.2) is 48.5 Å². The van der Waals surface area contributed by atoms with Crippen molar-refractivity contribution >= 4 is 5.69 Å². The van der Waals surface area contributed by atoms with Crippen molar-refractivity contribution in [3.8, 4) is 11.5 Å². The van der Waals surface area contributed by atoms with E-state index in [1.165, 1.54) is 0 Å². The van der Waals surface area contributed by atoms with E-state index in [1.54, 1.807) is 0 Å². The molecule has 0 amide bonds. The lowest BCUT2D eigenvalue weighted by Gasteiger charge is -2.16. The molecule has 2 N–H and O–H groups in total. The average molecular weight is 300 g/mol. The number of hydrogen-bond acceptors (Lipinski definition) is 4. The van der Waals surface area contributed by atoms with Crippen LogP contribution in [0.2, 0.25) is 0 Å². The first-order chi connectivity index (χ1) is 10.7. The summed E-state index contributed by atoms with van der Waals surface area (Å²) in [6, 6.07) is 16.0. The van der Waals surface area contributed by atoms with Crippen LogP contribution in [0.1, 0.15) is 26.3 Å². The molecular weight excluding hydrogens is 276 g/mol. The van der Waals surface area contributed by atoms with E-state index < -0.39 is 0 Å². The summed E-state index contributed by atoms with van der Waals surface area (Å²) in [4.78, 5) is 0. The van der Waals surface area contributed by atoms with Crippen molar-refractivity contribution in [2.75, 3.05) is 12.0 Å². The molecule has 0 radical (unpaired) electrons. The normalized spacial score (nSPS) is 10.5. The summed E-state index contributed by atoms with van der Waals surface area (Å²) >= 11 is 0. The van der Waals surface area contributed by atoms with Gasteiger partial charge in [0.2, 0.25) is 0 Å². The lowest BCUT2D eigenvalue weighted by molar-refractivity contribution is 0.223. The number of hydrazine groups is 1. The minimum atomic E-state index is 0.128. The van der Waals surface area contributed by atoms with Crippen molar-refractivity contribution in [2.45, 2.75) is 33.4 Å². The fourth-order valence-corrected chi connectivity index (χ4v) is 2.05. The van der Waals surface area contributed by atoms with Gasteiger partial charge in [0.05, 0.1) is 12.7 Å². The first kappa shape index (κ1) is 16.2. The van der Waals surface area contributed by atoms with Crippen LogP contribution in [0, 0.1) is 0 Å². The van der Waals surface area contributed by atoms with Crippen LogP contribution >= 0.6 is 0 Å². The Morgan fingerprint density at radius 3 is 2.45 bits per heavy atom. The molecule has 2 aromatic rings. The molecular formula is C18H24N2O2. The van der Waals surface area contributed by atoms with Crippen LogP contribution in [0.5, 0.6) is 11.5 Å². The first-order valence-corrected chi connectivity index (χ1v) is 7.65. The standard InChI is InChI=1S/C18H24N2O2/c1-4-21-18-12-15(10-11-17(18)22-14(2)3)13-19-20-16-8-6-5-7-9-16/h5-12,14,19-20H,4,13H2,1-3H3. The maximum Gasteiger partial charge on any atom is 0.161 e. The molecule has 118 valence electrons. The Bertz CT molecular complexity index is 571. The topological polar surface area (TPSA) is 42.5 Å². The zero-order chi connectivity index (χ0) is 15.8. The maximum absolute atomic E-state index is 5.77. The van der Waals surface area contributed by atoms with Gasteiger partial charge in [-0.3, -0.25) is 0 Å². The van der Waals surface area contributed by atoms with E-state index >= 15 is 0 Å². The molecule has 22 heavy (non-hydrogen) atoms. The van der Waals surface area contributed by atoms with Gasteiger partial charge < -0.3 is 14.9 Å². The predicted octanol–water partition coefficient (Wildman–Crippen LogP) is 3.99. The van der Waals surface area contributed by atoms with Crippen molar-refractivity contribution in [1.29, 1.82) is 0 Å². The summed E-state index contributed by atoms with van der Waals surface area (Å²) in [5.41, 5.74) is 8.53. The molecule has 0 saturated carbocycles. The molecule has 0 spiro atoms. The SMILES string of the molecule is CCOc1cc(CNNc2ccccc2)ccc1OC(C)C. The minimum absolute atomic E-state index is 0.128. The predicted molar refractivity (Wildman–Crippen MR) is 90.3 cm³/mol. The van der Waals surface area contributed by atoms with Gasteiger partial charge >= 0.3 is 0 Å². The van der Waals surface area contributed by atoms with Gasteiger partial charge in [-0.05, 0) is 50.6 Å². The molecule has 0 aliphatic rings. The van der Waals surface area contributed by atoms with E-state index in [-0.39, 0.29) is 6.10 Å². The number of benzene rings is 2. The fourth-order valence-electron chi connectivity index (χ4n) is 2.05. The highest BCUT2D eigenvalue weighted by Gasteiger charge is 2.08. The monoisotopic (exact) mass is 300 g/mol. The maximum atomic E-state index is 5.77. The van der Waals surface area contributed by atoms with Crippen LogP contribution in [0.3, 0.4) is 0 Å². The summed E-state index contributed by atoms with van der Waals surface area (Å²) in [6.45, 7) is 7.30. The number of hydrogen-bond donors (Lipinski definition) is 2. The summed E-state index contributed by atoms with van der Waals surface area (Å²) in [7, 11) is 0. The number of ether oxygens (including phenoxy) is 2. The van der Waals surface area contributed by atoms with Crippen LogP contribution in [-0.4, -0.2) is 12.7 Å². The van der Waals surface area contributed by atoms with Crippen molar-refractivity contribution in [3.63, 3.8) is 0 Å². The van der Waals surface area contributed by atoms with Gasteiger partial charge in [-0.15, -0.1) is 0 Å². The number of para-hydroxylation sites is 1. The molecule has 0 saturated heterocycles. The third kappa shape index (κ3) is 4.97. The molecule has 0 fully saturated rings. The Labute approximate surface area is 132 Å². The molecule has 0 atom stereocenters. The molecule has 0 aliphatic carbocycles. The highest BCUT2D eigenvalue weighted by Crippen LogP contribution is 2.29. The molecule has 4 nitrogen and oxygen atoms in total. The van der Waals surface area contributed by atoms with Crippen molar-refractivity contribution in [2.24, 2.45) is 0 Å². The molecule has 0 heterocycles. The van der Waals surface area contributed by atoms with Crippen LogP contribution in [0.4, 0.5) is 5.69 Å². The third-order valence-corrected chi connectivity index (χ3v) is 2.97. The average Bonchev–Trinajstić information content (AvgIpc) is 2.51. The summed E-state index contributed by atoms with van der Waals surface area (Å²) in [5.74, 6) is 1.58. The van der Waals surface area contributed by atoms with Gasteiger partial charge in [-0.2, -0.15) is 0 Å². The number of nitrogens with one attached hydrogen (secondary N) is 2. The Kier molecular flexibility index (Phi) is 6.10. The van der Waals surface area contributed by atoms with E-state index in [0.29, 0.717) is 13.2 Å². The summed E-state index contributed by atoms with van der Waals surface area (Å²) in [6.07, 6.45) is 0.128. The molecule has 2 aromatic carbocycles. The van der Waals surface area contributed by atoms with Gasteiger partial charge in [0.15, 0.2) is 11.5 Å². The zero-order valence-corrected chi connectivity index (χ0v) is 13.4. The Balaban J connectivity index is 1.97. The van der Waals surface area contributed by atoms with Crippen molar-refractivity contribution in [1.82, 2.24) is 5.43 Å². The van der Waals surface area contributed by atoms with Crippen LogP contribution in [-0.2, 0) is 6.54 Å². The van der Waals surface area contributed by atoms with Gasteiger partial charge in [-0.1, -0.05) is 24.3 Å². The molecule has 0 aromatic heterocycles. The quantitative estimate of drug-likeness (QED) is 0.723. The summed E-state index contributed by atoms with van der Waals surface area (Å²) < 4.78 is 11.4. The van der Waals surface area contributed by atoms with Crippen LogP contribution in [0.25, 0.3) is 0 Å². The third-order valence-electron chi connectivity index (χ3n) is 2.97. The first-order valence-electron chi connectivity index (χ1n) is 7.65. The van der Waals surface area contributed by atoms with Gasteiger partial charge in [0.1, 0.15) is 0 Å². The molecule has 2 rings (SSSR count). The van der Waals surface area contributed by atoms with E-state index in [9.17, 15) is 0 Å². The lowest BCUT2D eigenvalue weighted by atomic mass is 10.2. The second-order valence-electron chi connectivity index (χ2n) is 5.23. The van der Waals surface area contributed by atoms with Gasteiger partial charge in [-0.25, -0.2) is 5.43 Å². The molecule has 0 aliphatic heterocycles. The Morgan fingerprint density at radius 2 is 1.77 bits per heavy atom. The second kappa shape index (κ2) is 8.29. The molecule has 0 bridgehead atoms. The Morgan fingerprint density at radius 1 is 1.00 bits per heavy atom. The lowest BCUT2D eigenvalue weighted by Crippen LogP contribution is -2.20. The Hall–Kier alpha value is -2.20. The number of anilines is 1. The van der Waals surface area contributed by atoms with E-state index in [1.807, 2.05) is 69.3 Å². The number of rotatable bonds is 8. The van der Waals surface area contributed by atoms with E-state index in [4.69, 9.17) is 9.47 Å². The highest BCUT2D eigenvalue weighted by atomic mass is 16.5. The minimum Gasteiger partial charge on any atom is -0.490 e. The molecule has 0 unspecified atom stereocenters.